The zero-order valence-corrected chi connectivity index (χ0v) is 12.1. The van der Waals surface area contributed by atoms with Gasteiger partial charge in [0, 0.05) is 22.2 Å². The number of thioether (sulfide) groups is 1. The van der Waals surface area contributed by atoms with Gasteiger partial charge in [-0.05, 0) is 29.8 Å². The number of methoxy groups -OCH3 is 1. The normalized spacial score (nSPS) is 10.7. The zero-order chi connectivity index (χ0) is 13.8. The molecule has 0 N–H and O–H groups in total. The summed E-state index contributed by atoms with van der Waals surface area (Å²) in [6, 6.07) is 18.6. The third kappa shape index (κ3) is 2.78. The molecule has 1 aromatic heterocycles. The number of para-hydroxylation sites is 1. The first-order chi connectivity index (χ1) is 9.86. The van der Waals surface area contributed by atoms with Gasteiger partial charge in [-0.3, -0.25) is 4.98 Å². The lowest BCUT2D eigenvalue weighted by molar-refractivity contribution is 0.414. The molecule has 0 radical (unpaired) electrons. The molecule has 3 aromatic rings. The molecule has 0 amide bonds. The van der Waals surface area contributed by atoms with E-state index >= 15 is 0 Å². The molecule has 0 fully saturated rings. The van der Waals surface area contributed by atoms with Crippen molar-refractivity contribution in [3.05, 3.63) is 66.4 Å². The van der Waals surface area contributed by atoms with Gasteiger partial charge in [0.25, 0.3) is 0 Å². The largest absolute Gasteiger partial charge is 0.497 e. The second-order valence-corrected chi connectivity index (χ2v) is 5.49. The number of pyridine rings is 1. The molecule has 20 heavy (non-hydrogen) atoms. The lowest BCUT2D eigenvalue weighted by atomic mass is 10.2. The predicted molar refractivity (Wildman–Crippen MR) is 84.3 cm³/mol. The molecule has 0 aliphatic heterocycles. The van der Waals surface area contributed by atoms with E-state index < -0.39 is 0 Å². The van der Waals surface area contributed by atoms with Gasteiger partial charge in [-0.25, -0.2) is 0 Å². The third-order valence-corrected chi connectivity index (χ3v) is 4.27. The minimum Gasteiger partial charge on any atom is -0.497 e. The van der Waals surface area contributed by atoms with Crippen LogP contribution in [0.15, 0.2) is 65.7 Å². The molecule has 0 spiro atoms. The van der Waals surface area contributed by atoms with E-state index in [1.54, 1.807) is 7.11 Å². The van der Waals surface area contributed by atoms with E-state index in [0.717, 1.165) is 17.0 Å². The maximum atomic E-state index is 5.17. The Labute approximate surface area is 122 Å². The smallest absolute Gasteiger partial charge is 0.118 e. The van der Waals surface area contributed by atoms with Crippen molar-refractivity contribution < 1.29 is 4.74 Å². The SMILES string of the molecule is COc1ccc(CSc2cccc3cccnc23)cc1. The fraction of sp³-hybridized carbons (Fsp3) is 0.118. The molecule has 0 aliphatic carbocycles. The molecule has 2 aromatic carbocycles. The summed E-state index contributed by atoms with van der Waals surface area (Å²) in [6.45, 7) is 0. The van der Waals surface area contributed by atoms with Crippen LogP contribution in [-0.2, 0) is 5.75 Å². The molecule has 0 aliphatic rings. The highest BCUT2D eigenvalue weighted by molar-refractivity contribution is 7.98. The molecular weight excluding hydrogens is 266 g/mol. The standard InChI is InChI=1S/C17H15NOS/c1-19-15-9-7-13(8-10-15)12-20-16-6-2-4-14-5-3-11-18-17(14)16/h2-11H,12H2,1H3. The monoisotopic (exact) mass is 281 g/mol. The summed E-state index contributed by atoms with van der Waals surface area (Å²) < 4.78 is 5.17. The van der Waals surface area contributed by atoms with Gasteiger partial charge in [-0.1, -0.05) is 30.3 Å². The van der Waals surface area contributed by atoms with Crippen molar-refractivity contribution in [3.63, 3.8) is 0 Å². The fourth-order valence-electron chi connectivity index (χ4n) is 2.08. The van der Waals surface area contributed by atoms with E-state index in [9.17, 15) is 0 Å². The minimum atomic E-state index is 0.894. The highest BCUT2D eigenvalue weighted by Gasteiger charge is 2.03. The molecular formula is C17H15NOS. The van der Waals surface area contributed by atoms with Crippen LogP contribution in [0.4, 0.5) is 0 Å². The Morgan fingerprint density at radius 2 is 1.80 bits per heavy atom. The summed E-state index contributed by atoms with van der Waals surface area (Å²) in [5.41, 5.74) is 2.36. The lowest BCUT2D eigenvalue weighted by Gasteiger charge is -2.06. The van der Waals surface area contributed by atoms with E-state index in [4.69, 9.17) is 4.74 Å². The van der Waals surface area contributed by atoms with E-state index in [1.165, 1.54) is 15.8 Å². The van der Waals surface area contributed by atoms with Crippen molar-refractivity contribution in [2.24, 2.45) is 0 Å². The third-order valence-electron chi connectivity index (χ3n) is 3.15. The molecule has 3 heteroatoms. The molecule has 3 rings (SSSR count). The second-order valence-electron chi connectivity index (χ2n) is 4.47. The van der Waals surface area contributed by atoms with Gasteiger partial charge < -0.3 is 4.74 Å². The predicted octanol–water partition coefficient (Wildman–Crippen LogP) is 4.54. The maximum absolute atomic E-state index is 5.17. The van der Waals surface area contributed by atoms with Crippen molar-refractivity contribution >= 4 is 22.7 Å². The van der Waals surface area contributed by atoms with E-state index in [1.807, 2.05) is 36.2 Å². The number of hydrogen-bond acceptors (Lipinski definition) is 3. The van der Waals surface area contributed by atoms with Crippen LogP contribution in [0.3, 0.4) is 0 Å². The van der Waals surface area contributed by atoms with Crippen LogP contribution < -0.4 is 4.74 Å². The molecule has 0 atom stereocenters. The Bertz CT molecular complexity index is 704. The average Bonchev–Trinajstić information content (AvgIpc) is 2.53. The number of benzene rings is 2. The molecule has 1 heterocycles. The highest BCUT2D eigenvalue weighted by atomic mass is 32.2. The first-order valence-corrected chi connectivity index (χ1v) is 7.45. The lowest BCUT2D eigenvalue weighted by Crippen LogP contribution is -1.86. The summed E-state index contributed by atoms with van der Waals surface area (Å²) in [7, 11) is 1.69. The van der Waals surface area contributed by atoms with Gasteiger partial charge >= 0.3 is 0 Å². The van der Waals surface area contributed by atoms with Crippen molar-refractivity contribution in [2.45, 2.75) is 10.6 Å². The Hall–Kier alpha value is -2.00. The van der Waals surface area contributed by atoms with E-state index in [-0.39, 0.29) is 0 Å². The minimum absolute atomic E-state index is 0.894. The van der Waals surface area contributed by atoms with Gasteiger partial charge in [-0.2, -0.15) is 0 Å². The molecule has 100 valence electrons. The van der Waals surface area contributed by atoms with Crippen LogP contribution in [-0.4, -0.2) is 12.1 Å². The Morgan fingerprint density at radius 3 is 2.60 bits per heavy atom. The average molecular weight is 281 g/mol. The number of fused-ring (bicyclic) bond motifs is 1. The Balaban J connectivity index is 1.79. The van der Waals surface area contributed by atoms with Crippen molar-refractivity contribution in [3.8, 4) is 5.75 Å². The zero-order valence-electron chi connectivity index (χ0n) is 11.2. The van der Waals surface area contributed by atoms with Gasteiger partial charge in [0.1, 0.15) is 5.75 Å². The van der Waals surface area contributed by atoms with Crippen molar-refractivity contribution in [1.82, 2.24) is 4.98 Å². The molecule has 0 unspecified atom stereocenters. The number of rotatable bonds is 4. The van der Waals surface area contributed by atoms with E-state index in [2.05, 4.69) is 41.4 Å². The molecule has 0 saturated carbocycles. The second kappa shape index (κ2) is 5.97. The molecule has 2 nitrogen and oxygen atoms in total. The van der Waals surface area contributed by atoms with Gasteiger partial charge in [0.15, 0.2) is 0 Å². The van der Waals surface area contributed by atoms with Crippen molar-refractivity contribution in [2.75, 3.05) is 7.11 Å². The van der Waals surface area contributed by atoms with E-state index in [0.29, 0.717) is 0 Å². The quantitative estimate of drug-likeness (QED) is 0.656. The Kier molecular flexibility index (Phi) is 3.88. The van der Waals surface area contributed by atoms with Crippen LogP contribution >= 0.6 is 11.8 Å². The number of nitrogens with zero attached hydrogens (tertiary/aromatic N) is 1. The first-order valence-electron chi connectivity index (χ1n) is 6.46. The van der Waals surface area contributed by atoms with Crippen LogP contribution in [0.25, 0.3) is 10.9 Å². The number of hydrogen-bond donors (Lipinski definition) is 0. The fourth-order valence-corrected chi connectivity index (χ4v) is 3.07. The summed E-state index contributed by atoms with van der Waals surface area (Å²) in [4.78, 5) is 5.70. The summed E-state index contributed by atoms with van der Waals surface area (Å²) >= 11 is 1.81. The number of ether oxygens (including phenoxy) is 1. The summed E-state index contributed by atoms with van der Waals surface area (Å²) in [5.74, 6) is 1.82. The van der Waals surface area contributed by atoms with Gasteiger partial charge in [0.2, 0.25) is 0 Å². The summed E-state index contributed by atoms with van der Waals surface area (Å²) in [6.07, 6.45) is 1.85. The van der Waals surface area contributed by atoms with Gasteiger partial charge in [0.05, 0.1) is 12.6 Å². The van der Waals surface area contributed by atoms with Crippen molar-refractivity contribution in [1.29, 1.82) is 0 Å². The van der Waals surface area contributed by atoms with Gasteiger partial charge in [-0.15, -0.1) is 11.8 Å². The van der Waals surface area contributed by atoms with Crippen LogP contribution in [0.2, 0.25) is 0 Å². The molecule has 0 bridgehead atoms. The first kappa shape index (κ1) is 13.0. The van der Waals surface area contributed by atoms with Crippen LogP contribution in [0.5, 0.6) is 5.75 Å². The summed E-state index contributed by atoms with van der Waals surface area (Å²) in [5, 5.41) is 1.19. The molecule has 0 saturated heterocycles. The topological polar surface area (TPSA) is 22.1 Å². The maximum Gasteiger partial charge on any atom is 0.118 e. The highest BCUT2D eigenvalue weighted by Crippen LogP contribution is 2.29. The Morgan fingerprint density at radius 1 is 1.00 bits per heavy atom. The number of aromatic nitrogens is 1. The van der Waals surface area contributed by atoms with Crippen LogP contribution in [0, 0.1) is 0 Å². The van der Waals surface area contributed by atoms with Crippen LogP contribution in [0.1, 0.15) is 5.56 Å².